The number of pyridine rings is 1. The summed E-state index contributed by atoms with van der Waals surface area (Å²) in [6, 6.07) is 13.9. The lowest BCUT2D eigenvalue weighted by Gasteiger charge is -2.31. The van der Waals surface area contributed by atoms with Gasteiger partial charge in [-0.2, -0.15) is 5.10 Å². The third-order valence-electron chi connectivity index (χ3n) is 4.93. The molecule has 0 unspecified atom stereocenters. The maximum Gasteiger partial charge on any atom is 0.226 e. The lowest BCUT2D eigenvalue weighted by molar-refractivity contribution is -0.131. The summed E-state index contributed by atoms with van der Waals surface area (Å²) < 4.78 is 0. The van der Waals surface area contributed by atoms with Crippen LogP contribution in [0, 0.1) is 0 Å². The molecular weight excluding hydrogens is 314 g/mol. The first kappa shape index (κ1) is 15.6. The third kappa shape index (κ3) is 3.20. The van der Waals surface area contributed by atoms with E-state index < -0.39 is 0 Å². The van der Waals surface area contributed by atoms with Crippen LogP contribution in [0.25, 0.3) is 11.0 Å². The topological polar surface area (TPSA) is 87.9 Å². The van der Waals surface area contributed by atoms with E-state index in [0.29, 0.717) is 23.8 Å². The summed E-state index contributed by atoms with van der Waals surface area (Å²) in [6.45, 7) is 1.55. The highest BCUT2D eigenvalue weighted by Crippen LogP contribution is 2.28. The van der Waals surface area contributed by atoms with Crippen LogP contribution in [-0.2, 0) is 11.2 Å². The van der Waals surface area contributed by atoms with E-state index >= 15 is 0 Å². The summed E-state index contributed by atoms with van der Waals surface area (Å²) in [5.74, 6) is 1.12. The number of amides is 1. The number of anilines is 1. The van der Waals surface area contributed by atoms with Crippen molar-refractivity contribution in [2.75, 3.05) is 18.8 Å². The minimum absolute atomic E-state index is 0.202. The zero-order valence-electron chi connectivity index (χ0n) is 14.0. The molecule has 4 rings (SSSR count). The Labute approximate surface area is 146 Å². The number of fused-ring (bicyclic) bond motifs is 1. The molecule has 6 heteroatoms. The molecule has 2 aromatic heterocycles. The molecular formula is C19H21N5O. The molecule has 0 bridgehead atoms. The number of aromatic amines is 1. The van der Waals surface area contributed by atoms with Gasteiger partial charge in [0.1, 0.15) is 5.82 Å². The Morgan fingerprint density at radius 2 is 1.92 bits per heavy atom. The predicted molar refractivity (Wildman–Crippen MR) is 97.0 cm³/mol. The summed E-state index contributed by atoms with van der Waals surface area (Å²) >= 11 is 0. The molecule has 1 aliphatic rings. The average Bonchev–Trinajstić information content (AvgIpc) is 3.03. The van der Waals surface area contributed by atoms with Crippen LogP contribution in [0.5, 0.6) is 0 Å². The van der Waals surface area contributed by atoms with Crippen molar-refractivity contribution in [1.82, 2.24) is 20.1 Å². The van der Waals surface area contributed by atoms with Gasteiger partial charge in [0.05, 0.1) is 11.8 Å². The van der Waals surface area contributed by atoms with E-state index in [1.165, 1.54) is 0 Å². The smallest absolute Gasteiger partial charge is 0.226 e. The number of aromatic nitrogens is 3. The minimum Gasteiger partial charge on any atom is -0.384 e. The molecule has 1 fully saturated rings. The molecule has 1 aliphatic heterocycles. The number of nitrogens with one attached hydrogen (secondary N) is 1. The first-order valence-corrected chi connectivity index (χ1v) is 8.63. The van der Waals surface area contributed by atoms with Gasteiger partial charge in [-0.1, -0.05) is 30.3 Å². The van der Waals surface area contributed by atoms with Crippen LogP contribution >= 0.6 is 0 Å². The van der Waals surface area contributed by atoms with Gasteiger partial charge in [0.2, 0.25) is 5.91 Å². The Kier molecular flexibility index (Phi) is 4.09. The van der Waals surface area contributed by atoms with E-state index in [2.05, 4.69) is 15.2 Å². The summed E-state index contributed by atoms with van der Waals surface area (Å²) in [5.41, 5.74) is 8.59. The number of piperidine rings is 1. The predicted octanol–water partition coefficient (Wildman–Crippen LogP) is 2.49. The van der Waals surface area contributed by atoms with E-state index in [-0.39, 0.29) is 5.91 Å². The third-order valence-corrected chi connectivity index (χ3v) is 4.93. The summed E-state index contributed by atoms with van der Waals surface area (Å²) in [4.78, 5) is 19.1. The van der Waals surface area contributed by atoms with Crippen molar-refractivity contribution >= 4 is 22.8 Å². The average molecular weight is 335 g/mol. The van der Waals surface area contributed by atoms with Crippen molar-refractivity contribution in [3.05, 3.63) is 53.7 Å². The quantitative estimate of drug-likeness (QED) is 0.770. The highest BCUT2D eigenvalue weighted by Gasteiger charge is 2.25. The number of nitrogens with zero attached hydrogens (tertiary/aromatic N) is 3. The zero-order chi connectivity index (χ0) is 17.2. The van der Waals surface area contributed by atoms with Gasteiger partial charge < -0.3 is 10.6 Å². The lowest BCUT2D eigenvalue weighted by atomic mass is 9.92. The Hall–Kier alpha value is -2.89. The lowest BCUT2D eigenvalue weighted by Crippen LogP contribution is -2.38. The second-order valence-corrected chi connectivity index (χ2v) is 6.56. The number of H-pyrrole nitrogens is 1. The second-order valence-electron chi connectivity index (χ2n) is 6.56. The molecule has 3 heterocycles. The van der Waals surface area contributed by atoms with Crippen molar-refractivity contribution in [3.63, 3.8) is 0 Å². The molecule has 1 aromatic carbocycles. The Balaban J connectivity index is 1.39. The van der Waals surface area contributed by atoms with Crippen molar-refractivity contribution in [1.29, 1.82) is 0 Å². The number of nitrogen functional groups attached to an aromatic ring is 1. The fourth-order valence-electron chi connectivity index (χ4n) is 3.47. The summed E-state index contributed by atoms with van der Waals surface area (Å²) in [5, 5.41) is 7.76. The highest BCUT2D eigenvalue weighted by molar-refractivity contribution is 5.85. The Morgan fingerprint density at radius 1 is 1.16 bits per heavy atom. The molecule has 6 nitrogen and oxygen atoms in total. The second kappa shape index (κ2) is 6.55. The number of carbonyl (C=O) groups excluding carboxylic acids is 1. The number of rotatable bonds is 3. The van der Waals surface area contributed by atoms with Crippen LogP contribution in [0.3, 0.4) is 0 Å². The molecule has 0 aliphatic carbocycles. The molecule has 1 saturated heterocycles. The van der Waals surface area contributed by atoms with Crippen LogP contribution in [0.2, 0.25) is 0 Å². The molecule has 0 saturated carbocycles. The van der Waals surface area contributed by atoms with Crippen molar-refractivity contribution in [2.45, 2.75) is 25.2 Å². The summed E-state index contributed by atoms with van der Waals surface area (Å²) in [6.07, 6.45) is 2.33. The number of benzene rings is 1. The Bertz CT molecular complexity index is 881. The zero-order valence-corrected chi connectivity index (χ0v) is 14.0. The van der Waals surface area contributed by atoms with Gasteiger partial charge in [-0.05, 0) is 30.5 Å². The van der Waals surface area contributed by atoms with Crippen molar-refractivity contribution < 1.29 is 4.79 Å². The van der Waals surface area contributed by atoms with Gasteiger partial charge in [-0.3, -0.25) is 9.89 Å². The van der Waals surface area contributed by atoms with Gasteiger partial charge in [0.25, 0.3) is 0 Å². The molecule has 3 N–H and O–H groups in total. The first-order valence-electron chi connectivity index (χ1n) is 8.63. The van der Waals surface area contributed by atoms with Crippen LogP contribution in [0.15, 0.2) is 42.5 Å². The van der Waals surface area contributed by atoms with Crippen molar-refractivity contribution in [2.24, 2.45) is 0 Å². The number of carbonyl (C=O) groups is 1. The molecule has 3 aromatic rings. The molecule has 0 atom stereocenters. The van der Waals surface area contributed by atoms with E-state index in [1.54, 1.807) is 0 Å². The highest BCUT2D eigenvalue weighted by atomic mass is 16.2. The normalized spacial score (nSPS) is 15.6. The molecule has 1 amide bonds. The monoisotopic (exact) mass is 335 g/mol. The maximum atomic E-state index is 12.5. The molecule has 128 valence electrons. The van der Waals surface area contributed by atoms with E-state index in [4.69, 9.17) is 5.73 Å². The number of likely N-dealkylation sites (tertiary alicyclic amines) is 1. The van der Waals surface area contributed by atoms with E-state index in [9.17, 15) is 4.79 Å². The summed E-state index contributed by atoms with van der Waals surface area (Å²) in [7, 11) is 0. The van der Waals surface area contributed by atoms with Crippen LogP contribution in [-0.4, -0.2) is 39.1 Å². The largest absolute Gasteiger partial charge is 0.384 e. The fourth-order valence-corrected chi connectivity index (χ4v) is 3.47. The molecule has 25 heavy (non-hydrogen) atoms. The van der Waals surface area contributed by atoms with E-state index in [1.807, 2.05) is 47.4 Å². The van der Waals surface area contributed by atoms with Crippen molar-refractivity contribution in [3.8, 4) is 0 Å². The van der Waals surface area contributed by atoms with Gasteiger partial charge in [0, 0.05) is 24.7 Å². The number of nitrogens with two attached hydrogens (primary N) is 1. The van der Waals surface area contributed by atoms with Gasteiger partial charge in [0.15, 0.2) is 5.65 Å². The maximum absolute atomic E-state index is 12.5. The minimum atomic E-state index is 0.202. The first-order chi connectivity index (χ1) is 12.2. The number of hydrogen-bond donors (Lipinski definition) is 2. The van der Waals surface area contributed by atoms with Crippen LogP contribution in [0.1, 0.15) is 30.0 Å². The van der Waals surface area contributed by atoms with Gasteiger partial charge in [-0.15, -0.1) is 0 Å². The van der Waals surface area contributed by atoms with Crippen LogP contribution < -0.4 is 5.73 Å². The Morgan fingerprint density at radius 3 is 2.68 bits per heavy atom. The standard InChI is InChI=1S/C19H21N5O/c20-18-15-6-7-16(21-19(15)23-22-18)14-8-10-24(11-9-14)17(25)12-13-4-2-1-3-5-13/h1-7,14H,8-12H2,(H3,20,21,22,23). The van der Waals surface area contributed by atoms with E-state index in [0.717, 1.165) is 42.6 Å². The molecule has 0 radical (unpaired) electrons. The fraction of sp³-hybridized carbons (Fsp3) is 0.316. The number of hydrogen-bond acceptors (Lipinski definition) is 4. The van der Waals surface area contributed by atoms with Gasteiger partial charge >= 0.3 is 0 Å². The SMILES string of the molecule is Nc1[nH]nc2nc(C3CCN(C(=O)Cc4ccccc4)CC3)ccc12. The molecule has 0 spiro atoms. The van der Waals surface area contributed by atoms with Crippen LogP contribution in [0.4, 0.5) is 5.82 Å². The van der Waals surface area contributed by atoms with Gasteiger partial charge in [-0.25, -0.2) is 4.98 Å².